The van der Waals surface area contributed by atoms with Crippen molar-refractivity contribution in [3.63, 3.8) is 0 Å². The number of carbonyl (C=O) groups excluding carboxylic acids is 2. The standard InChI is InChI=1S/C19H22N4O4S2/c1-3-16(24)23(13-5-6-13)18-21-22-19(29-18)28-11(2)17(25)20-12-4-7-14-15(10-12)27-9-8-26-14/h4,7,10-11,13H,3,5-6,8-9H2,1-2H3,(H,20,25)/t11-/m0/s1. The number of thioether (sulfide) groups is 1. The lowest BCUT2D eigenvalue weighted by atomic mass is 10.2. The maximum Gasteiger partial charge on any atom is 0.237 e. The molecular formula is C19H22N4O4S2. The zero-order chi connectivity index (χ0) is 20.4. The van der Waals surface area contributed by atoms with Crippen LogP contribution in [0.15, 0.2) is 22.5 Å². The zero-order valence-electron chi connectivity index (χ0n) is 16.2. The normalized spacial score (nSPS) is 16.2. The van der Waals surface area contributed by atoms with Crippen LogP contribution in [0.5, 0.6) is 11.5 Å². The molecule has 8 nitrogen and oxygen atoms in total. The van der Waals surface area contributed by atoms with Crippen molar-refractivity contribution in [3.05, 3.63) is 18.2 Å². The highest BCUT2D eigenvalue weighted by Gasteiger charge is 2.35. The molecule has 0 unspecified atom stereocenters. The van der Waals surface area contributed by atoms with Crippen molar-refractivity contribution in [1.29, 1.82) is 0 Å². The predicted molar refractivity (Wildman–Crippen MR) is 112 cm³/mol. The van der Waals surface area contributed by atoms with Gasteiger partial charge >= 0.3 is 0 Å². The molecule has 0 spiro atoms. The number of rotatable bonds is 7. The summed E-state index contributed by atoms with van der Waals surface area (Å²) in [5.41, 5.74) is 0.651. The Labute approximate surface area is 177 Å². The molecule has 1 fully saturated rings. The fourth-order valence-corrected chi connectivity index (χ4v) is 4.96. The van der Waals surface area contributed by atoms with Gasteiger partial charge in [-0.15, -0.1) is 10.2 Å². The summed E-state index contributed by atoms with van der Waals surface area (Å²) in [6, 6.07) is 5.58. The Hall–Kier alpha value is -2.33. The number of benzene rings is 1. The van der Waals surface area contributed by atoms with Crippen molar-refractivity contribution < 1.29 is 19.1 Å². The van der Waals surface area contributed by atoms with E-state index in [1.54, 1.807) is 23.1 Å². The molecule has 0 bridgehead atoms. The van der Waals surface area contributed by atoms with Gasteiger partial charge in [0, 0.05) is 24.2 Å². The second-order valence-electron chi connectivity index (χ2n) is 6.81. The lowest BCUT2D eigenvalue weighted by Crippen LogP contribution is -2.32. The Bertz CT molecular complexity index is 915. The number of amides is 2. The first-order valence-electron chi connectivity index (χ1n) is 9.58. The monoisotopic (exact) mass is 434 g/mol. The molecule has 1 N–H and O–H groups in total. The number of nitrogens with zero attached hydrogens (tertiary/aromatic N) is 3. The lowest BCUT2D eigenvalue weighted by Gasteiger charge is -2.19. The van der Waals surface area contributed by atoms with Gasteiger partial charge in [0.15, 0.2) is 15.8 Å². The van der Waals surface area contributed by atoms with Crippen LogP contribution in [0.25, 0.3) is 0 Å². The van der Waals surface area contributed by atoms with E-state index >= 15 is 0 Å². The van der Waals surface area contributed by atoms with Crippen LogP contribution < -0.4 is 19.7 Å². The van der Waals surface area contributed by atoms with Gasteiger partial charge in [-0.1, -0.05) is 30.0 Å². The van der Waals surface area contributed by atoms with Crippen LogP contribution in [-0.2, 0) is 9.59 Å². The smallest absolute Gasteiger partial charge is 0.237 e. The average Bonchev–Trinajstić information content (AvgIpc) is 3.46. The SMILES string of the molecule is CCC(=O)N(c1nnc(S[C@@H](C)C(=O)Nc2ccc3c(c2)OCCO3)s1)C1CC1. The highest BCUT2D eigenvalue weighted by molar-refractivity contribution is 8.02. The van der Waals surface area contributed by atoms with E-state index in [0.29, 0.717) is 46.3 Å². The summed E-state index contributed by atoms with van der Waals surface area (Å²) < 4.78 is 11.7. The summed E-state index contributed by atoms with van der Waals surface area (Å²) in [7, 11) is 0. The molecule has 1 aliphatic heterocycles. The van der Waals surface area contributed by atoms with Crippen LogP contribution in [0.4, 0.5) is 10.8 Å². The number of hydrogen-bond donors (Lipinski definition) is 1. The van der Waals surface area contributed by atoms with E-state index in [2.05, 4.69) is 15.5 Å². The zero-order valence-corrected chi connectivity index (χ0v) is 17.8. The van der Waals surface area contributed by atoms with E-state index in [-0.39, 0.29) is 23.1 Å². The number of nitrogens with one attached hydrogen (secondary N) is 1. The van der Waals surface area contributed by atoms with Crippen LogP contribution in [0, 0.1) is 0 Å². The predicted octanol–water partition coefficient (Wildman–Crippen LogP) is 3.33. The van der Waals surface area contributed by atoms with Gasteiger partial charge in [0.1, 0.15) is 13.2 Å². The fourth-order valence-electron chi connectivity index (χ4n) is 2.89. The van der Waals surface area contributed by atoms with Crippen LogP contribution in [0.3, 0.4) is 0 Å². The van der Waals surface area contributed by atoms with E-state index in [1.807, 2.05) is 13.8 Å². The lowest BCUT2D eigenvalue weighted by molar-refractivity contribution is -0.118. The maximum atomic E-state index is 12.6. The van der Waals surface area contributed by atoms with Crippen LogP contribution >= 0.6 is 23.1 Å². The highest BCUT2D eigenvalue weighted by Crippen LogP contribution is 2.37. The van der Waals surface area contributed by atoms with Crippen molar-refractivity contribution in [1.82, 2.24) is 10.2 Å². The van der Waals surface area contributed by atoms with Gasteiger partial charge in [0.05, 0.1) is 5.25 Å². The summed E-state index contributed by atoms with van der Waals surface area (Å²) in [5, 5.41) is 11.5. The second kappa shape index (κ2) is 8.58. The molecule has 1 aromatic carbocycles. The molecule has 0 saturated heterocycles. The first-order valence-corrected chi connectivity index (χ1v) is 11.3. The molecular weight excluding hydrogens is 412 g/mol. The molecule has 2 aliphatic rings. The Morgan fingerprint density at radius 3 is 2.76 bits per heavy atom. The molecule has 1 saturated carbocycles. The Kier molecular flexibility index (Phi) is 5.91. The van der Waals surface area contributed by atoms with Crippen molar-refractivity contribution in [2.45, 2.75) is 48.7 Å². The largest absolute Gasteiger partial charge is 0.486 e. The third-order valence-electron chi connectivity index (χ3n) is 4.54. The molecule has 0 radical (unpaired) electrons. The molecule has 154 valence electrons. The van der Waals surface area contributed by atoms with E-state index < -0.39 is 0 Å². The molecule has 2 aromatic rings. The van der Waals surface area contributed by atoms with Crippen LogP contribution in [-0.4, -0.2) is 46.5 Å². The quantitative estimate of drug-likeness (QED) is 0.528. The fraction of sp³-hybridized carbons (Fsp3) is 0.474. The van der Waals surface area contributed by atoms with Crippen LogP contribution in [0.2, 0.25) is 0 Å². The van der Waals surface area contributed by atoms with Gasteiger partial charge in [-0.25, -0.2) is 0 Å². The minimum Gasteiger partial charge on any atom is -0.486 e. The van der Waals surface area contributed by atoms with E-state index in [9.17, 15) is 9.59 Å². The third-order valence-corrected chi connectivity index (χ3v) is 6.65. The topological polar surface area (TPSA) is 93.7 Å². The minimum atomic E-state index is -0.375. The molecule has 10 heteroatoms. The number of fused-ring (bicyclic) bond motifs is 1. The number of hydrogen-bond acceptors (Lipinski definition) is 8. The van der Waals surface area contributed by atoms with Gasteiger partial charge in [-0.05, 0) is 31.9 Å². The van der Waals surface area contributed by atoms with Gasteiger partial charge < -0.3 is 14.8 Å². The first kappa shape index (κ1) is 20.0. The molecule has 1 atom stereocenters. The number of anilines is 2. The molecule has 4 rings (SSSR count). The van der Waals surface area contributed by atoms with E-state index in [0.717, 1.165) is 12.8 Å². The first-order chi connectivity index (χ1) is 14.0. The third kappa shape index (κ3) is 4.64. The summed E-state index contributed by atoms with van der Waals surface area (Å²) in [6.45, 7) is 4.68. The summed E-state index contributed by atoms with van der Waals surface area (Å²) in [6.07, 6.45) is 2.44. The van der Waals surface area contributed by atoms with E-state index in [1.165, 1.54) is 23.1 Å². The Morgan fingerprint density at radius 1 is 1.28 bits per heavy atom. The molecule has 29 heavy (non-hydrogen) atoms. The van der Waals surface area contributed by atoms with Crippen molar-refractivity contribution >= 4 is 45.7 Å². The van der Waals surface area contributed by atoms with E-state index in [4.69, 9.17) is 9.47 Å². The number of carbonyl (C=O) groups is 2. The molecule has 1 aromatic heterocycles. The van der Waals surface area contributed by atoms with Gasteiger partial charge in [-0.3, -0.25) is 14.5 Å². The number of aromatic nitrogens is 2. The summed E-state index contributed by atoms with van der Waals surface area (Å²) in [4.78, 5) is 26.6. The van der Waals surface area contributed by atoms with Gasteiger partial charge in [0.2, 0.25) is 16.9 Å². The Balaban J connectivity index is 1.38. The second-order valence-corrected chi connectivity index (χ2v) is 9.35. The van der Waals surface area contributed by atoms with Crippen molar-refractivity contribution in [3.8, 4) is 11.5 Å². The molecule has 2 heterocycles. The number of ether oxygens (including phenoxy) is 2. The average molecular weight is 435 g/mol. The minimum absolute atomic E-state index is 0.0598. The van der Waals surface area contributed by atoms with Gasteiger partial charge in [0.25, 0.3) is 0 Å². The summed E-state index contributed by atoms with van der Waals surface area (Å²) in [5.74, 6) is 1.22. The van der Waals surface area contributed by atoms with Crippen molar-refractivity contribution in [2.75, 3.05) is 23.4 Å². The maximum absolute atomic E-state index is 12.6. The molecule has 2 amide bonds. The van der Waals surface area contributed by atoms with Gasteiger partial charge in [-0.2, -0.15) is 0 Å². The van der Waals surface area contributed by atoms with Crippen molar-refractivity contribution in [2.24, 2.45) is 0 Å². The molecule has 1 aliphatic carbocycles. The summed E-state index contributed by atoms with van der Waals surface area (Å²) >= 11 is 2.68. The van der Waals surface area contributed by atoms with Crippen LogP contribution in [0.1, 0.15) is 33.1 Å². The highest BCUT2D eigenvalue weighted by atomic mass is 32.2. The Morgan fingerprint density at radius 2 is 2.03 bits per heavy atom.